The van der Waals surface area contributed by atoms with Gasteiger partial charge >= 0.3 is 0 Å². The van der Waals surface area contributed by atoms with Gasteiger partial charge in [0.1, 0.15) is 5.82 Å². The fraction of sp³-hybridized carbons (Fsp3) is 0.316. The Kier molecular flexibility index (Phi) is 6.22. The maximum atomic E-state index is 13.1. The molecule has 0 bridgehead atoms. The zero-order valence-electron chi connectivity index (χ0n) is 15.3. The predicted molar refractivity (Wildman–Crippen MR) is 106 cm³/mol. The first-order valence-electron chi connectivity index (χ1n) is 8.83. The van der Waals surface area contributed by atoms with Gasteiger partial charge in [0.2, 0.25) is 15.9 Å². The predicted octanol–water partition coefficient (Wildman–Crippen LogP) is 2.49. The van der Waals surface area contributed by atoms with Crippen LogP contribution in [0.25, 0.3) is 0 Å². The molecule has 9 heteroatoms. The zero-order chi connectivity index (χ0) is 20.3. The number of hydrogen-bond donors (Lipinski definition) is 1. The monoisotopic (exact) mass is 425 g/mol. The molecule has 0 saturated carbocycles. The third-order valence-corrected chi connectivity index (χ3v) is 6.42. The summed E-state index contributed by atoms with van der Waals surface area (Å²) in [7, 11) is -3.82. The van der Waals surface area contributed by atoms with Crippen LogP contribution in [0.2, 0.25) is 5.02 Å². The number of rotatable bonds is 5. The van der Waals surface area contributed by atoms with E-state index in [-0.39, 0.29) is 16.6 Å². The maximum absolute atomic E-state index is 13.1. The third-order valence-electron chi connectivity index (χ3n) is 4.61. The van der Waals surface area contributed by atoms with Gasteiger partial charge in [-0.1, -0.05) is 11.6 Å². The summed E-state index contributed by atoms with van der Waals surface area (Å²) in [6.07, 6.45) is 0. The van der Waals surface area contributed by atoms with Crippen LogP contribution < -0.4 is 9.62 Å². The van der Waals surface area contributed by atoms with Crippen molar-refractivity contribution in [3.8, 4) is 0 Å². The van der Waals surface area contributed by atoms with Gasteiger partial charge in [0, 0.05) is 36.9 Å². The van der Waals surface area contributed by atoms with E-state index in [1.54, 1.807) is 17.0 Å². The number of nitrogens with one attached hydrogen (secondary N) is 1. The van der Waals surface area contributed by atoms with Crippen LogP contribution in [-0.2, 0) is 14.8 Å². The van der Waals surface area contributed by atoms with E-state index in [4.69, 9.17) is 11.6 Å². The lowest BCUT2D eigenvalue weighted by atomic mass is 10.2. The zero-order valence-corrected chi connectivity index (χ0v) is 16.9. The summed E-state index contributed by atoms with van der Waals surface area (Å²) in [5.74, 6) is -0.573. The fourth-order valence-electron chi connectivity index (χ4n) is 3.08. The molecule has 0 aromatic heterocycles. The molecule has 0 spiro atoms. The fourth-order valence-corrected chi connectivity index (χ4v) is 4.40. The Hall–Kier alpha value is -2.16. The maximum Gasteiger partial charge on any atom is 0.241 e. The van der Waals surface area contributed by atoms with Crippen LogP contribution in [0.3, 0.4) is 0 Å². The number of amides is 1. The highest BCUT2D eigenvalue weighted by molar-refractivity contribution is 7.89. The van der Waals surface area contributed by atoms with Crippen molar-refractivity contribution in [2.45, 2.75) is 17.9 Å². The lowest BCUT2D eigenvalue weighted by molar-refractivity contribution is -0.132. The number of sulfonamides is 1. The van der Waals surface area contributed by atoms with Gasteiger partial charge in [-0.2, -0.15) is 4.72 Å². The van der Waals surface area contributed by atoms with Gasteiger partial charge in [-0.3, -0.25) is 4.79 Å². The molecular formula is C19H21ClFN3O3S. The first kappa shape index (κ1) is 20.6. The Balaban J connectivity index is 1.58. The van der Waals surface area contributed by atoms with Crippen LogP contribution in [0.4, 0.5) is 10.1 Å². The van der Waals surface area contributed by atoms with Gasteiger partial charge in [0.05, 0.1) is 10.9 Å². The van der Waals surface area contributed by atoms with Crippen LogP contribution in [0, 0.1) is 5.82 Å². The first-order valence-corrected chi connectivity index (χ1v) is 10.7. The van der Waals surface area contributed by atoms with Crippen LogP contribution in [0.15, 0.2) is 53.4 Å². The van der Waals surface area contributed by atoms with Crippen molar-refractivity contribution in [2.75, 3.05) is 31.1 Å². The van der Waals surface area contributed by atoms with Crippen molar-refractivity contribution in [3.63, 3.8) is 0 Å². The van der Waals surface area contributed by atoms with E-state index in [1.165, 1.54) is 43.3 Å². The molecule has 0 aliphatic carbocycles. The highest BCUT2D eigenvalue weighted by Gasteiger charge is 2.28. The van der Waals surface area contributed by atoms with Gasteiger partial charge in [-0.25, -0.2) is 12.8 Å². The van der Waals surface area contributed by atoms with Crippen LogP contribution >= 0.6 is 11.6 Å². The van der Waals surface area contributed by atoms with Gasteiger partial charge in [0.15, 0.2) is 0 Å². The molecule has 2 aromatic carbocycles. The van der Waals surface area contributed by atoms with Crippen LogP contribution in [0.1, 0.15) is 6.92 Å². The number of carbonyl (C=O) groups excluding carboxylic acids is 1. The van der Waals surface area contributed by atoms with Crippen LogP contribution in [0.5, 0.6) is 0 Å². The van der Waals surface area contributed by atoms with E-state index < -0.39 is 16.1 Å². The third kappa shape index (κ3) is 4.81. The lowest BCUT2D eigenvalue weighted by Crippen LogP contribution is -2.54. The second kappa shape index (κ2) is 8.46. The van der Waals surface area contributed by atoms with Crippen molar-refractivity contribution in [3.05, 3.63) is 59.4 Å². The minimum Gasteiger partial charge on any atom is -0.368 e. The second-order valence-corrected chi connectivity index (χ2v) is 8.74. The molecular weight excluding hydrogens is 405 g/mol. The molecule has 1 saturated heterocycles. The number of halogens is 2. The Labute approximate surface area is 168 Å². The van der Waals surface area contributed by atoms with E-state index >= 15 is 0 Å². The number of hydrogen-bond acceptors (Lipinski definition) is 4. The molecule has 1 heterocycles. The standard InChI is InChI=1S/C19H21ClFN3O3S/c1-14(22-28(26,27)18-8-2-15(20)3-9-18)19(25)24-12-10-23(11-13-24)17-6-4-16(21)5-7-17/h2-9,14,22H,10-13H2,1H3/t14-/m1/s1. The largest absolute Gasteiger partial charge is 0.368 e. The van der Waals surface area contributed by atoms with E-state index in [0.29, 0.717) is 31.2 Å². The molecule has 1 aliphatic rings. The molecule has 6 nitrogen and oxygen atoms in total. The summed E-state index contributed by atoms with van der Waals surface area (Å²) in [5, 5.41) is 0.433. The highest BCUT2D eigenvalue weighted by Crippen LogP contribution is 2.18. The average molecular weight is 426 g/mol. The summed E-state index contributed by atoms with van der Waals surface area (Å²) < 4.78 is 40.4. The van der Waals surface area contributed by atoms with Crippen molar-refractivity contribution in [1.82, 2.24) is 9.62 Å². The molecule has 150 valence electrons. The number of carbonyl (C=O) groups is 1. The number of piperazine rings is 1. The Morgan fingerprint density at radius 2 is 1.61 bits per heavy atom. The van der Waals surface area contributed by atoms with Crippen molar-refractivity contribution >= 4 is 33.2 Å². The number of nitrogens with zero attached hydrogens (tertiary/aromatic N) is 2. The molecule has 0 unspecified atom stereocenters. The molecule has 0 radical (unpaired) electrons. The highest BCUT2D eigenvalue weighted by atomic mass is 35.5. The summed E-state index contributed by atoms with van der Waals surface area (Å²) in [5.41, 5.74) is 0.894. The van der Waals surface area contributed by atoms with Crippen molar-refractivity contribution in [1.29, 1.82) is 0 Å². The minimum absolute atomic E-state index is 0.0534. The Morgan fingerprint density at radius 3 is 2.18 bits per heavy atom. The second-order valence-electron chi connectivity index (χ2n) is 6.59. The van der Waals surface area contributed by atoms with Crippen molar-refractivity contribution in [2.24, 2.45) is 0 Å². The number of benzene rings is 2. The van der Waals surface area contributed by atoms with E-state index in [9.17, 15) is 17.6 Å². The molecule has 1 fully saturated rings. The quantitative estimate of drug-likeness (QED) is 0.799. The molecule has 1 N–H and O–H groups in total. The SMILES string of the molecule is C[C@@H](NS(=O)(=O)c1ccc(Cl)cc1)C(=O)N1CCN(c2ccc(F)cc2)CC1. The van der Waals surface area contributed by atoms with E-state index in [1.807, 2.05) is 0 Å². The topological polar surface area (TPSA) is 69.7 Å². The molecule has 28 heavy (non-hydrogen) atoms. The lowest BCUT2D eigenvalue weighted by Gasteiger charge is -2.37. The molecule has 1 aliphatic heterocycles. The van der Waals surface area contributed by atoms with Gasteiger partial charge < -0.3 is 9.80 Å². The summed E-state index contributed by atoms with van der Waals surface area (Å²) in [6.45, 7) is 3.64. The smallest absolute Gasteiger partial charge is 0.241 e. The first-order chi connectivity index (χ1) is 13.3. The summed E-state index contributed by atoms with van der Waals surface area (Å²) in [4.78, 5) is 16.4. The average Bonchev–Trinajstić information content (AvgIpc) is 2.68. The van der Waals surface area contributed by atoms with Gasteiger partial charge in [0.25, 0.3) is 0 Å². The van der Waals surface area contributed by atoms with E-state index in [0.717, 1.165) is 5.69 Å². The van der Waals surface area contributed by atoms with Crippen LogP contribution in [-0.4, -0.2) is 51.4 Å². The summed E-state index contributed by atoms with van der Waals surface area (Å²) in [6, 6.07) is 11.1. The molecule has 1 atom stereocenters. The molecule has 2 aromatic rings. The Bertz CT molecular complexity index is 928. The Morgan fingerprint density at radius 1 is 1.04 bits per heavy atom. The van der Waals surface area contributed by atoms with Gasteiger partial charge in [-0.15, -0.1) is 0 Å². The summed E-state index contributed by atoms with van der Waals surface area (Å²) >= 11 is 5.78. The van der Waals surface area contributed by atoms with Gasteiger partial charge in [-0.05, 0) is 55.5 Å². The normalized spacial score (nSPS) is 16.1. The molecule has 1 amide bonds. The van der Waals surface area contributed by atoms with Crippen molar-refractivity contribution < 1.29 is 17.6 Å². The minimum atomic E-state index is -3.82. The van der Waals surface area contributed by atoms with E-state index in [2.05, 4.69) is 9.62 Å². The number of anilines is 1. The molecule has 3 rings (SSSR count).